The van der Waals surface area contributed by atoms with Gasteiger partial charge in [0, 0.05) is 17.8 Å². The number of carbonyl (C=O) groups excluding carboxylic acids is 1. The van der Waals surface area contributed by atoms with Gasteiger partial charge < -0.3 is 10.2 Å². The minimum Gasteiger partial charge on any atom is -0.376 e. The molecule has 110 valence electrons. The summed E-state index contributed by atoms with van der Waals surface area (Å²) in [6.07, 6.45) is 3.31. The van der Waals surface area contributed by atoms with Crippen LogP contribution >= 0.6 is 0 Å². The number of nitrogens with zero attached hydrogens (tertiary/aromatic N) is 1. The first kappa shape index (κ1) is 14.8. The first-order chi connectivity index (χ1) is 9.49. The molecule has 1 aliphatic heterocycles. The van der Waals surface area contributed by atoms with E-state index in [-0.39, 0.29) is 18.3 Å². The maximum absolute atomic E-state index is 13.4. The molecule has 1 N–H and O–H groups in total. The van der Waals surface area contributed by atoms with Crippen molar-refractivity contribution >= 4 is 11.6 Å². The molecule has 1 heterocycles. The average molecular weight is 278 g/mol. The van der Waals surface area contributed by atoms with E-state index >= 15 is 0 Å². The molecule has 1 saturated heterocycles. The monoisotopic (exact) mass is 278 g/mol. The Morgan fingerprint density at radius 2 is 2.00 bits per heavy atom. The van der Waals surface area contributed by atoms with Gasteiger partial charge in [0.15, 0.2) is 0 Å². The van der Waals surface area contributed by atoms with E-state index < -0.39 is 0 Å². The quantitative estimate of drug-likeness (QED) is 0.919. The van der Waals surface area contributed by atoms with Crippen LogP contribution in [0.5, 0.6) is 0 Å². The van der Waals surface area contributed by atoms with Gasteiger partial charge in [-0.1, -0.05) is 6.07 Å². The number of benzene rings is 1. The van der Waals surface area contributed by atoms with Gasteiger partial charge in [-0.05, 0) is 57.7 Å². The molecule has 20 heavy (non-hydrogen) atoms. The number of rotatable bonds is 3. The van der Waals surface area contributed by atoms with Gasteiger partial charge in [-0.25, -0.2) is 4.39 Å². The smallest absolute Gasteiger partial charge is 0.242 e. The van der Waals surface area contributed by atoms with Crippen molar-refractivity contribution in [1.82, 2.24) is 4.90 Å². The van der Waals surface area contributed by atoms with Gasteiger partial charge in [0.2, 0.25) is 5.91 Å². The molecule has 1 fully saturated rings. The van der Waals surface area contributed by atoms with E-state index in [0.29, 0.717) is 23.3 Å². The third kappa shape index (κ3) is 3.30. The zero-order chi connectivity index (χ0) is 14.7. The molecule has 2 atom stereocenters. The lowest BCUT2D eigenvalue weighted by Crippen LogP contribution is -2.49. The lowest BCUT2D eigenvalue weighted by molar-refractivity contribution is -0.135. The largest absolute Gasteiger partial charge is 0.376 e. The highest BCUT2D eigenvalue weighted by Crippen LogP contribution is 2.22. The van der Waals surface area contributed by atoms with Crippen molar-refractivity contribution in [3.05, 3.63) is 29.6 Å². The topological polar surface area (TPSA) is 32.3 Å². The molecule has 1 aromatic carbocycles. The van der Waals surface area contributed by atoms with E-state index in [1.807, 2.05) is 4.90 Å². The maximum Gasteiger partial charge on any atom is 0.242 e. The first-order valence-corrected chi connectivity index (χ1v) is 7.30. The molecular formula is C16H23FN2O. The highest BCUT2D eigenvalue weighted by molar-refractivity contribution is 5.81. The van der Waals surface area contributed by atoms with E-state index in [1.165, 1.54) is 12.5 Å². The third-order valence-corrected chi connectivity index (χ3v) is 4.10. The summed E-state index contributed by atoms with van der Waals surface area (Å²) >= 11 is 0. The predicted octanol–water partition coefficient (Wildman–Crippen LogP) is 3.34. The SMILES string of the molecule is Cc1ccc(NCC(=O)N2C(C)CCCC2C)cc1F. The van der Waals surface area contributed by atoms with Crippen LogP contribution in [0.25, 0.3) is 0 Å². The number of amides is 1. The van der Waals surface area contributed by atoms with Gasteiger partial charge in [0.1, 0.15) is 5.82 Å². The zero-order valence-electron chi connectivity index (χ0n) is 12.4. The number of anilines is 1. The van der Waals surface area contributed by atoms with Gasteiger partial charge in [-0.15, -0.1) is 0 Å². The average Bonchev–Trinajstić information content (AvgIpc) is 2.40. The van der Waals surface area contributed by atoms with Gasteiger partial charge in [0.25, 0.3) is 0 Å². The molecule has 0 bridgehead atoms. The number of piperidine rings is 1. The van der Waals surface area contributed by atoms with Crippen LogP contribution in [0.1, 0.15) is 38.7 Å². The summed E-state index contributed by atoms with van der Waals surface area (Å²) in [6, 6.07) is 5.54. The summed E-state index contributed by atoms with van der Waals surface area (Å²) in [4.78, 5) is 14.3. The van der Waals surface area contributed by atoms with Crippen molar-refractivity contribution in [2.24, 2.45) is 0 Å². The highest BCUT2D eigenvalue weighted by Gasteiger charge is 2.28. The Hall–Kier alpha value is -1.58. The minimum absolute atomic E-state index is 0.0886. The summed E-state index contributed by atoms with van der Waals surface area (Å²) in [5.74, 6) is -0.159. The predicted molar refractivity (Wildman–Crippen MR) is 79.2 cm³/mol. The summed E-state index contributed by atoms with van der Waals surface area (Å²) in [5.41, 5.74) is 1.26. The number of hydrogen-bond acceptors (Lipinski definition) is 2. The fraction of sp³-hybridized carbons (Fsp3) is 0.562. The molecular weight excluding hydrogens is 255 g/mol. The van der Waals surface area contributed by atoms with E-state index in [2.05, 4.69) is 19.2 Å². The maximum atomic E-state index is 13.4. The van der Waals surface area contributed by atoms with Crippen LogP contribution in [0.15, 0.2) is 18.2 Å². The summed E-state index contributed by atoms with van der Waals surface area (Å²) in [5, 5.41) is 3.02. The van der Waals surface area contributed by atoms with Crippen molar-refractivity contribution in [2.75, 3.05) is 11.9 Å². The third-order valence-electron chi connectivity index (χ3n) is 4.10. The van der Waals surface area contributed by atoms with Crippen molar-refractivity contribution < 1.29 is 9.18 Å². The number of carbonyl (C=O) groups is 1. The molecule has 0 aromatic heterocycles. The van der Waals surface area contributed by atoms with Gasteiger partial charge in [0.05, 0.1) is 6.54 Å². The Morgan fingerprint density at radius 1 is 1.35 bits per heavy atom. The van der Waals surface area contributed by atoms with E-state index in [9.17, 15) is 9.18 Å². The Balaban J connectivity index is 1.95. The number of likely N-dealkylation sites (tertiary alicyclic amines) is 1. The molecule has 0 spiro atoms. The Bertz CT molecular complexity index is 479. The fourth-order valence-corrected chi connectivity index (χ4v) is 2.88. The van der Waals surface area contributed by atoms with E-state index in [0.717, 1.165) is 12.8 Å². The van der Waals surface area contributed by atoms with Crippen molar-refractivity contribution in [1.29, 1.82) is 0 Å². The lowest BCUT2D eigenvalue weighted by atomic mass is 9.97. The second kappa shape index (κ2) is 6.25. The highest BCUT2D eigenvalue weighted by atomic mass is 19.1. The lowest BCUT2D eigenvalue weighted by Gasteiger charge is -2.39. The Kier molecular flexibility index (Phi) is 4.63. The fourth-order valence-electron chi connectivity index (χ4n) is 2.88. The molecule has 1 aliphatic rings. The molecule has 1 amide bonds. The van der Waals surface area contributed by atoms with Crippen LogP contribution in [-0.4, -0.2) is 29.4 Å². The first-order valence-electron chi connectivity index (χ1n) is 7.30. The van der Waals surface area contributed by atoms with Crippen LogP contribution in [-0.2, 0) is 4.79 Å². The molecule has 4 heteroatoms. The van der Waals surface area contributed by atoms with Crippen LogP contribution in [0.2, 0.25) is 0 Å². The molecule has 3 nitrogen and oxygen atoms in total. The van der Waals surface area contributed by atoms with E-state index in [1.54, 1.807) is 19.1 Å². The summed E-state index contributed by atoms with van der Waals surface area (Å²) in [6.45, 7) is 6.14. The van der Waals surface area contributed by atoms with Crippen molar-refractivity contribution in [3.63, 3.8) is 0 Å². The zero-order valence-corrected chi connectivity index (χ0v) is 12.4. The Labute approximate surface area is 120 Å². The Morgan fingerprint density at radius 3 is 2.60 bits per heavy atom. The molecule has 1 aromatic rings. The van der Waals surface area contributed by atoms with Crippen LogP contribution in [0.3, 0.4) is 0 Å². The molecule has 2 unspecified atom stereocenters. The number of halogens is 1. The van der Waals surface area contributed by atoms with Gasteiger partial charge >= 0.3 is 0 Å². The summed E-state index contributed by atoms with van der Waals surface area (Å²) in [7, 11) is 0. The normalized spacial score (nSPS) is 22.7. The number of aryl methyl sites for hydroxylation is 1. The number of hydrogen-bond donors (Lipinski definition) is 1. The standard InChI is InChI=1S/C16H23FN2O/c1-11-7-8-14(9-15(11)17)18-10-16(20)19-12(2)5-4-6-13(19)3/h7-9,12-13,18H,4-6,10H2,1-3H3. The van der Waals surface area contributed by atoms with Crippen molar-refractivity contribution in [3.8, 4) is 0 Å². The van der Waals surface area contributed by atoms with Crippen molar-refractivity contribution in [2.45, 2.75) is 52.1 Å². The molecule has 0 radical (unpaired) electrons. The molecule has 0 aliphatic carbocycles. The van der Waals surface area contributed by atoms with Gasteiger partial charge in [-0.3, -0.25) is 4.79 Å². The van der Waals surface area contributed by atoms with Crippen LogP contribution in [0, 0.1) is 12.7 Å². The minimum atomic E-state index is -0.248. The van der Waals surface area contributed by atoms with Gasteiger partial charge in [-0.2, -0.15) is 0 Å². The molecule has 0 saturated carbocycles. The molecule has 2 rings (SSSR count). The van der Waals surface area contributed by atoms with E-state index in [4.69, 9.17) is 0 Å². The van der Waals surface area contributed by atoms with Crippen LogP contribution < -0.4 is 5.32 Å². The second-order valence-corrected chi connectivity index (χ2v) is 5.75. The van der Waals surface area contributed by atoms with Crippen LogP contribution in [0.4, 0.5) is 10.1 Å². The second-order valence-electron chi connectivity index (χ2n) is 5.75. The number of nitrogens with one attached hydrogen (secondary N) is 1. The summed E-state index contributed by atoms with van der Waals surface area (Å²) < 4.78 is 13.4.